The van der Waals surface area contributed by atoms with Crippen molar-refractivity contribution in [2.24, 2.45) is 23.2 Å². The summed E-state index contributed by atoms with van der Waals surface area (Å²) in [6.45, 7) is 6.54. The van der Waals surface area contributed by atoms with Gasteiger partial charge < -0.3 is 5.32 Å². The summed E-state index contributed by atoms with van der Waals surface area (Å²) in [6.07, 6.45) is -1.74. The lowest BCUT2D eigenvalue weighted by atomic mass is 9.98. The van der Waals surface area contributed by atoms with E-state index in [2.05, 4.69) is 24.1 Å². The number of halogens is 3. The number of amides is 1. The van der Waals surface area contributed by atoms with Crippen molar-refractivity contribution in [2.75, 3.05) is 18.4 Å². The van der Waals surface area contributed by atoms with Crippen LogP contribution >= 0.6 is 0 Å². The molecule has 1 aromatic rings. The molecular formula is C22H27F3N2O2. The van der Waals surface area contributed by atoms with Crippen molar-refractivity contribution in [3.8, 4) is 0 Å². The third-order valence-electron chi connectivity index (χ3n) is 7.26. The molecule has 1 N–H and O–H groups in total. The second kappa shape index (κ2) is 7.11. The number of fused-ring (bicyclic) bond motifs is 1. The van der Waals surface area contributed by atoms with Gasteiger partial charge in [0.25, 0.3) is 0 Å². The maximum Gasteiger partial charge on any atom is 0.416 e. The Hall–Kier alpha value is -1.89. The molecule has 29 heavy (non-hydrogen) atoms. The van der Waals surface area contributed by atoms with Crippen molar-refractivity contribution in [1.29, 1.82) is 0 Å². The van der Waals surface area contributed by atoms with E-state index in [1.165, 1.54) is 25.0 Å². The number of nitrogens with zero attached hydrogens (tertiary/aromatic N) is 1. The van der Waals surface area contributed by atoms with Crippen LogP contribution in [0.5, 0.6) is 0 Å². The number of carbonyl (C=O) groups is 2. The molecule has 158 valence electrons. The SMILES string of the molecule is CC(N1C[C@@H]2C(C(=O)CCC(=O)Nc3cccc(C(F)(F)F)c3)[C@@H]2C1)C1(C)CC1. The summed E-state index contributed by atoms with van der Waals surface area (Å²) < 4.78 is 38.3. The van der Waals surface area contributed by atoms with Crippen molar-refractivity contribution in [2.45, 2.75) is 51.7 Å². The van der Waals surface area contributed by atoms with Gasteiger partial charge in [0.05, 0.1) is 5.56 Å². The zero-order valence-corrected chi connectivity index (χ0v) is 16.8. The number of anilines is 1. The Kier molecular flexibility index (Phi) is 5.00. The van der Waals surface area contributed by atoms with E-state index < -0.39 is 17.6 Å². The molecule has 1 saturated heterocycles. The average Bonchev–Trinajstić information content (AvgIpc) is 3.53. The first-order valence-corrected chi connectivity index (χ1v) is 10.3. The number of piperidine rings is 1. The zero-order chi connectivity index (χ0) is 21.0. The Balaban J connectivity index is 1.22. The third-order valence-corrected chi connectivity index (χ3v) is 7.26. The van der Waals surface area contributed by atoms with Gasteiger partial charge in [-0.15, -0.1) is 0 Å². The van der Waals surface area contributed by atoms with Crippen LogP contribution in [-0.2, 0) is 15.8 Å². The van der Waals surface area contributed by atoms with Gasteiger partial charge in [-0.3, -0.25) is 14.5 Å². The molecule has 0 spiro atoms. The molecule has 1 aliphatic heterocycles. The van der Waals surface area contributed by atoms with Crippen molar-refractivity contribution < 1.29 is 22.8 Å². The van der Waals surface area contributed by atoms with Crippen molar-refractivity contribution in [3.63, 3.8) is 0 Å². The average molecular weight is 408 g/mol. The van der Waals surface area contributed by atoms with Gasteiger partial charge in [-0.2, -0.15) is 13.2 Å². The second-order valence-corrected chi connectivity index (χ2v) is 9.23. The Morgan fingerprint density at radius 2 is 1.86 bits per heavy atom. The number of ketones is 1. The summed E-state index contributed by atoms with van der Waals surface area (Å²) in [5, 5.41) is 2.47. The molecule has 4 atom stereocenters. The fraction of sp³-hybridized carbons (Fsp3) is 0.636. The Morgan fingerprint density at radius 1 is 1.21 bits per heavy atom. The van der Waals surface area contributed by atoms with Crippen LogP contribution in [0, 0.1) is 23.2 Å². The van der Waals surface area contributed by atoms with Crippen LogP contribution in [0.1, 0.15) is 45.1 Å². The highest BCUT2D eigenvalue weighted by molar-refractivity contribution is 5.94. The zero-order valence-electron chi connectivity index (χ0n) is 16.8. The van der Waals surface area contributed by atoms with Gasteiger partial charge in [0.2, 0.25) is 5.91 Å². The number of Topliss-reactive ketones (excluding diaryl/α,β-unsaturated/α-hetero) is 1. The third kappa shape index (κ3) is 4.20. The maximum atomic E-state index is 12.8. The lowest BCUT2D eigenvalue weighted by Gasteiger charge is -2.31. The van der Waals surface area contributed by atoms with Gasteiger partial charge in [-0.05, 0) is 55.2 Å². The molecule has 2 saturated carbocycles. The minimum Gasteiger partial charge on any atom is -0.326 e. The number of likely N-dealkylation sites (tertiary alicyclic amines) is 1. The highest BCUT2D eigenvalue weighted by Gasteiger charge is 2.60. The first-order valence-electron chi connectivity index (χ1n) is 10.3. The van der Waals surface area contributed by atoms with Crippen LogP contribution < -0.4 is 5.32 Å². The normalized spacial score (nSPS) is 28.5. The van der Waals surface area contributed by atoms with Crippen LogP contribution in [0.2, 0.25) is 0 Å². The summed E-state index contributed by atoms with van der Waals surface area (Å²) in [5.74, 6) is 0.578. The van der Waals surface area contributed by atoms with Crippen LogP contribution in [0.25, 0.3) is 0 Å². The highest BCUT2D eigenvalue weighted by Crippen LogP contribution is 2.57. The summed E-state index contributed by atoms with van der Waals surface area (Å²) >= 11 is 0. The fourth-order valence-electron chi connectivity index (χ4n) is 4.81. The molecule has 3 fully saturated rings. The molecule has 0 radical (unpaired) electrons. The summed E-state index contributed by atoms with van der Waals surface area (Å²) in [5.41, 5.74) is -0.271. The highest BCUT2D eigenvalue weighted by atomic mass is 19.4. The number of nitrogens with one attached hydrogen (secondary N) is 1. The van der Waals surface area contributed by atoms with Crippen LogP contribution in [0.3, 0.4) is 0 Å². The molecular weight excluding hydrogens is 381 g/mol. The molecule has 2 aliphatic carbocycles. The smallest absolute Gasteiger partial charge is 0.326 e. The quantitative estimate of drug-likeness (QED) is 0.729. The molecule has 2 unspecified atom stereocenters. The van der Waals surface area contributed by atoms with E-state index in [0.29, 0.717) is 23.3 Å². The number of hydrogen-bond donors (Lipinski definition) is 1. The predicted octanol–water partition coefficient (Wildman–Crippen LogP) is 4.36. The van der Waals surface area contributed by atoms with Crippen LogP contribution in [0.4, 0.5) is 18.9 Å². The van der Waals surface area contributed by atoms with Crippen molar-refractivity contribution >= 4 is 17.4 Å². The number of hydrogen-bond acceptors (Lipinski definition) is 3. The van der Waals surface area contributed by atoms with Gasteiger partial charge in [0.1, 0.15) is 5.78 Å². The molecule has 1 aromatic carbocycles. The predicted molar refractivity (Wildman–Crippen MR) is 103 cm³/mol. The molecule has 3 aliphatic rings. The first kappa shape index (κ1) is 20.4. The van der Waals surface area contributed by atoms with E-state index in [1.807, 2.05) is 0 Å². The van der Waals surface area contributed by atoms with Crippen LogP contribution in [-0.4, -0.2) is 35.7 Å². The molecule has 0 aromatic heterocycles. The number of benzene rings is 1. The Bertz CT molecular complexity index is 807. The summed E-state index contributed by atoms with van der Waals surface area (Å²) in [7, 11) is 0. The van der Waals surface area contributed by atoms with E-state index >= 15 is 0 Å². The Morgan fingerprint density at radius 3 is 2.45 bits per heavy atom. The maximum absolute atomic E-state index is 12.8. The topological polar surface area (TPSA) is 49.4 Å². The van der Waals surface area contributed by atoms with Crippen molar-refractivity contribution in [3.05, 3.63) is 29.8 Å². The molecule has 1 amide bonds. The molecule has 4 rings (SSSR count). The molecule has 0 bridgehead atoms. The van der Waals surface area contributed by atoms with Gasteiger partial charge in [-0.25, -0.2) is 0 Å². The Labute approximate surface area is 168 Å². The van der Waals surface area contributed by atoms with Gasteiger partial charge in [0, 0.05) is 43.6 Å². The van der Waals surface area contributed by atoms with Gasteiger partial charge in [0.15, 0.2) is 0 Å². The van der Waals surface area contributed by atoms with E-state index in [1.54, 1.807) is 0 Å². The number of rotatable bonds is 7. The van der Waals surface area contributed by atoms with E-state index in [-0.39, 0.29) is 30.2 Å². The minimum absolute atomic E-state index is 0.00318. The lowest BCUT2D eigenvalue weighted by Crippen LogP contribution is -2.39. The second-order valence-electron chi connectivity index (χ2n) is 9.23. The van der Waals surface area contributed by atoms with E-state index in [9.17, 15) is 22.8 Å². The van der Waals surface area contributed by atoms with Crippen molar-refractivity contribution in [1.82, 2.24) is 4.90 Å². The standard InChI is InChI=1S/C22H27F3N2O2/c1-13(21(2)8-9-21)27-11-16-17(12-27)20(16)18(28)6-7-19(29)26-15-5-3-4-14(10-15)22(23,24)25/h3-5,10,13,16-17,20H,6-9,11-12H2,1-2H3,(H,26,29)/t13?,16-,17+,20?. The monoisotopic (exact) mass is 408 g/mol. The van der Waals surface area contributed by atoms with E-state index in [0.717, 1.165) is 25.2 Å². The number of alkyl halides is 3. The van der Waals surface area contributed by atoms with Gasteiger partial charge in [-0.1, -0.05) is 13.0 Å². The molecule has 7 heteroatoms. The minimum atomic E-state index is -4.46. The molecule has 4 nitrogen and oxygen atoms in total. The number of carbonyl (C=O) groups excluding carboxylic acids is 2. The first-order chi connectivity index (χ1) is 13.6. The summed E-state index contributed by atoms with van der Waals surface area (Å²) in [4.78, 5) is 27.1. The largest absolute Gasteiger partial charge is 0.416 e. The summed E-state index contributed by atoms with van der Waals surface area (Å²) in [6, 6.07) is 5.09. The van der Waals surface area contributed by atoms with E-state index in [4.69, 9.17) is 0 Å². The van der Waals surface area contributed by atoms with Gasteiger partial charge >= 0.3 is 6.18 Å². The fourth-order valence-corrected chi connectivity index (χ4v) is 4.81. The lowest BCUT2D eigenvalue weighted by molar-refractivity contribution is -0.137. The molecule has 1 heterocycles. The van der Waals surface area contributed by atoms with Crippen LogP contribution in [0.15, 0.2) is 24.3 Å².